The molecule has 1 heteroatoms. The average molecular weight is 141 g/mol. The molecule has 0 heterocycles. The molecule has 1 aliphatic rings. The van der Waals surface area contributed by atoms with Gasteiger partial charge in [-0.25, -0.2) is 0 Å². The monoisotopic (exact) mass is 141 g/mol. The van der Waals surface area contributed by atoms with Crippen molar-refractivity contribution in [3.05, 3.63) is 0 Å². The Kier molecular flexibility index (Phi) is 2.72. The van der Waals surface area contributed by atoms with Crippen molar-refractivity contribution in [1.82, 2.24) is 0 Å². The molecular formula is C9H19N. The number of nitrogens with two attached hydrogens (primary N) is 1. The summed E-state index contributed by atoms with van der Waals surface area (Å²) in [6.07, 6.45) is 5.54. The van der Waals surface area contributed by atoms with E-state index in [4.69, 9.17) is 5.73 Å². The van der Waals surface area contributed by atoms with Crippen LogP contribution < -0.4 is 5.73 Å². The molecule has 0 unspecified atom stereocenters. The molecule has 10 heavy (non-hydrogen) atoms. The van der Waals surface area contributed by atoms with Gasteiger partial charge in [0.05, 0.1) is 0 Å². The lowest BCUT2D eigenvalue weighted by molar-refractivity contribution is 0.254. The molecule has 0 aromatic rings. The number of hydrogen-bond donors (Lipinski definition) is 1. The van der Waals surface area contributed by atoms with Crippen LogP contribution in [0.15, 0.2) is 0 Å². The van der Waals surface area contributed by atoms with Gasteiger partial charge >= 0.3 is 0 Å². The summed E-state index contributed by atoms with van der Waals surface area (Å²) in [7, 11) is 0. The van der Waals surface area contributed by atoms with E-state index in [-0.39, 0.29) is 0 Å². The van der Waals surface area contributed by atoms with Gasteiger partial charge in [-0.3, -0.25) is 0 Å². The minimum Gasteiger partial charge on any atom is -0.328 e. The predicted molar refractivity (Wildman–Crippen MR) is 44.8 cm³/mol. The highest BCUT2D eigenvalue weighted by Gasteiger charge is 2.21. The molecular weight excluding hydrogens is 122 g/mol. The molecule has 1 rings (SSSR count). The van der Waals surface area contributed by atoms with Gasteiger partial charge in [0.15, 0.2) is 0 Å². The van der Waals surface area contributed by atoms with Crippen LogP contribution in [0.2, 0.25) is 0 Å². The Balaban J connectivity index is 2.32. The van der Waals surface area contributed by atoms with E-state index in [0.29, 0.717) is 6.04 Å². The molecule has 0 amide bonds. The first-order chi connectivity index (χ1) is 4.70. The first-order valence-corrected chi connectivity index (χ1v) is 4.45. The molecule has 1 saturated carbocycles. The van der Waals surface area contributed by atoms with Gasteiger partial charge < -0.3 is 5.73 Å². The van der Waals surface area contributed by atoms with Gasteiger partial charge in [0.2, 0.25) is 0 Å². The van der Waals surface area contributed by atoms with Gasteiger partial charge in [0, 0.05) is 6.04 Å². The summed E-state index contributed by atoms with van der Waals surface area (Å²) >= 11 is 0. The van der Waals surface area contributed by atoms with Crippen LogP contribution in [0.4, 0.5) is 0 Å². The quantitative estimate of drug-likeness (QED) is 0.595. The minimum atomic E-state index is 0.419. The Bertz CT molecular complexity index is 98.9. The highest BCUT2D eigenvalue weighted by Crippen LogP contribution is 2.29. The Labute approximate surface area is 64.0 Å². The SMILES string of the molecule is C[C@@H]1CCC[C@@H]([C@H](C)N)C1. The van der Waals surface area contributed by atoms with E-state index in [1.807, 2.05) is 0 Å². The Morgan fingerprint density at radius 2 is 2.10 bits per heavy atom. The number of rotatable bonds is 1. The second-order valence-electron chi connectivity index (χ2n) is 3.89. The second-order valence-corrected chi connectivity index (χ2v) is 3.89. The van der Waals surface area contributed by atoms with Gasteiger partial charge in [0.25, 0.3) is 0 Å². The fraction of sp³-hybridized carbons (Fsp3) is 1.00. The number of hydrogen-bond acceptors (Lipinski definition) is 1. The van der Waals surface area contributed by atoms with E-state index < -0.39 is 0 Å². The van der Waals surface area contributed by atoms with E-state index in [2.05, 4.69) is 13.8 Å². The van der Waals surface area contributed by atoms with Crippen molar-refractivity contribution >= 4 is 0 Å². The van der Waals surface area contributed by atoms with Crippen LogP contribution in [-0.2, 0) is 0 Å². The summed E-state index contributed by atoms with van der Waals surface area (Å²) in [6, 6.07) is 0.419. The van der Waals surface area contributed by atoms with Crippen molar-refractivity contribution < 1.29 is 0 Å². The molecule has 0 bridgehead atoms. The lowest BCUT2D eigenvalue weighted by Gasteiger charge is -2.29. The lowest BCUT2D eigenvalue weighted by atomic mass is 9.79. The van der Waals surface area contributed by atoms with Crippen LogP contribution in [0.25, 0.3) is 0 Å². The van der Waals surface area contributed by atoms with Gasteiger partial charge in [-0.15, -0.1) is 0 Å². The van der Waals surface area contributed by atoms with E-state index in [9.17, 15) is 0 Å². The van der Waals surface area contributed by atoms with E-state index in [1.165, 1.54) is 25.7 Å². The Morgan fingerprint density at radius 1 is 1.40 bits per heavy atom. The summed E-state index contributed by atoms with van der Waals surface area (Å²) < 4.78 is 0. The molecule has 0 saturated heterocycles. The third-order valence-electron chi connectivity index (χ3n) is 2.72. The van der Waals surface area contributed by atoms with Crippen LogP contribution >= 0.6 is 0 Å². The molecule has 0 aromatic carbocycles. The van der Waals surface area contributed by atoms with E-state index in [1.54, 1.807) is 0 Å². The van der Waals surface area contributed by atoms with Crippen molar-refractivity contribution in [3.8, 4) is 0 Å². The topological polar surface area (TPSA) is 26.0 Å². The molecule has 3 atom stereocenters. The van der Waals surface area contributed by atoms with Crippen LogP contribution in [-0.4, -0.2) is 6.04 Å². The molecule has 1 aliphatic carbocycles. The predicted octanol–water partition coefficient (Wildman–Crippen LogP) is 2.16. The van der Waals surface area contributed by atoms with Crippen LogP contribution in [0.5, 0.6) is 0 Å². The summed E-state index contributed by atoms with van der Waals surface area (Å²) in [5.74, 6) is 1.73. The minimum absolute atomic E-state index is 0.419. The van der Waals surface area contributed by atoms with Gasteiger partial charge in [-0.05, 0) is 31.6 Å². The molecule has 1 fully saturated rings. The van der Waals surface area contributed by atoms with Gasteiger partial charge in [0.1, 0.15) is 0 Å². The van der Waals surface area contributed by atoms with Crippen LogP contribution in [0, 0.1) is 11.8 Å². The van der Waals surface area contributed by atoms with E-state index in [0.717, 1.165) is 11.8 Å². The van der Waals surface area contributed by atoms with E-state index >= 15 is 0 Å². The van der Waals surface area contributed by atoms with Crippen LogP contribution in [0.1, 0.15) is 39.5 Å². The maximum Gasteiger partial charge on any atom is 0.00388 e. The fourth-order valence-corrected chi connectivity index (χ4v) is 1.96. The second kappa shape index (κ2) is 3.38. The average Bonchev–Trinajstić information content (AvgIpc) is 1.88. The molecule has 0 spiro atoms. The van der Waals surface area contributed by atoms with Crippen molar-refractivity contribution in [2.24, 2.45) is 17.6 Å². The molecule has 0 aliphatic heterocycles. The Morgan fingerprint density at radius 3 is 2.50 bits per heavy atom. The summed E-state index contributed by atoms with van der Waals surface area (Å²) in [5.41, 5.74) is 5.83. The third kappa shape index (κ3) is 1.98. The van der Waals surface area contributed by atoms with Crippen molar-refractivity contribution in [1.29, 1.82) is 0 Å². The maximum atomic E-state index is 5.83. The van der Waals surface area contributed by atoms with Gasteiger partial charge in [-0.2, -0.15) is 0 Å². The molecule has 0 aromatic heterocycles. The molecule has 60 valence electrons. The lowest BCUT2D eigenvalue weighted by Crippen LogP contribution is -2.30. The highest BCUT2D eigenvalue weighted by atomic mass is 14.6. The zero-order valence-corrected chi connectivity index (χ0v) is 7.14. The Hall–Kier alpha value is -0.0400. The zero-order chi connectivity index (χ0) is 7.56. The standard InChI is InChI=1S/C9H19N/c1-7-4-3-5-9(6-7)8(2)10/h7-9H,3-6,10H2,1-2H3/t7-,8+,9-/m1/s1. The summed E-state index contributed by atoms with van der Waals surface area (Å²) in [5, 5.41) is 0. The van der Waals surface area contributed by atoms with Crippen molar-refractivity contribution in [2.75, 3.05) is 0 Å². The van der Waals surface area contributed by atoms with Crippen LogP contribution in [0.3, 0.4) is 0 Å². The highest BCUT2D eigenvalue weighted by molar-refractivity contribution is 4.75. The third-order valence-corrected chi connectivity index (χ3v) is 2.72. The van der Waals surface area contributed by atoms with Gasteiger partial charge in [-0.1, -0.05) is 19.8 Å². The molecule has 2 N–H and O–H groups in total. The molecule has 1 nitrogen and oxygen atoms in total. The maximum absolute atomic E-state index is 5.83. The normalized spacial score (nSPS) is 37.5. The van der Waals surface area contributed by atoms with Crippen molar-refractivity contribution in [3.63, 3.8) is 0 Å². The largest absolute Gasteiger partial charge is 0.328 e. The summed E-state index contributed by atoms with van der Waals surface area (Å²) in [6.45, 7) is 4.48. The smallest absolute Gasteiger partial charge is 0.00388 e. The summed E-state index contributed by atoms with van der Waals surface area (Å²) in [4.78, 5) is 0. The zero-order valence-electron chi connectivity index (χ0n) is 7.14. The first-order valence-electron chi connectivity index (χ1n) is 4.45. The molecule has 0 radical (unpaired) electrons. The fourth-order valence-electron chi connectivity index (χ4n) is 1.96. The van der Waals surface area contributed by atoms with Crippen molar-refractivity contribution in [2.45, 2.75) is 45.6 Å². The first kappa shape index (κ1) is 8.06.